The van der Waals surface area contributed by atoms with Gasteiger partial charge >= 0.3 is 0 Å². The van der Waals surface area contributed by atoms with Gasteiger partial charge in [-0.05, 0) is 25.1 Å². The van der Waals surface area contributed by atoms with Crippen LogP contribution in [0, 0.1) is 0 Å². The fourth-order valence-electron chi connectivity index (χ4n) is 2.94. The van der Waals surface area contributed by atoms with Crippen LogP contribution >= 0.6 is 0 Å². The maximum Gasteiger partial charge on any atom is 0.239 e. The first-order chi connectivity index (χ1) is 12.9. The molecule has 1 unspecified atom stereocenters. The lowest BCUT2D eigenvalue weighted by atomic mass is 10.2. The molecule has 4 aromatic rings. The van der Waals surface area contributed by atoms with Crippen molar-refractivity contribution in [1.82, 2.24) is 24.5 Å². The number of hydrogen-bond donors (Lipinski definition) is 1. The average Bonchev–Trinajstić information content (AvgIpc) is 3.11. The Bertz CT molecular complexity index is 1250. The van der Waals surface area contributed by atoms with Gasteiger partial charge in [0.15, 0.2) is 5.65 Å². The Morgan fingerprint density at radius 2 is 1.93 bits per heavy atom. The number of methoxy groups -OCH3 is 1. The molecule has 4 rings (SSSR count). The second kappa shape index (κ2) is 6.25. The molecule has 0 aliphatic rings. The fraction of sp³-hybridized carbons (Fsp3) is 0.176. The zero-order chi connectivity index (χ0) is 19.2. The van der Waals surface area contributed by atoms with E-state index in [2.05, 4.69) is 19.9 Å². The second-order valence-corrected chi connectivity index (χ2v) is 7.57. The van der Waals surface area contributed by atoms with Crippen LogP contribution in [-0.4, -0.2) is 40.0 Å². The number of imidazole rings is 1. The van der Waals surface area contributed by atoms with Crippen LogP contribution in [0.4, 0.5) is 0 Å². The van der Waals surface area contributed by atoms with Gasteiger partial charge in [-0.2, -0.15) is 4.98 Å². The average molecular weight is 384 g/mol. The summed E-state index contributed by atoms with van der Waals surface area (Å²) in [6, 6.07) is 6.54. The van der Waals surface area contributed by atoms with Gasteiger partial charge in [-0.25, -0.2) is 23.5 Å². The Kier molecular flexibility index (Phi) is 4.01. The highest BCUT2D eigenvalue weighted by Gasteiger charge is 2.17. The zero-order valence-electron chi connectivity index (χ0n) is 14.6. The number of fused-ring (bicyclic) bond motifs is 3. The molecule has 0 saturated heterocycles. The van der Waals surface area contributed by atoms with Crippen molar-refractivity contribution in [1.29, 1.82) is 0 Å². The third-order valence-corrected chi connectivity index (χ3v) is 5.28. The highest BCUT2D eigenvalue weighted by molar-refractivity contribution is 7.89. The molecule has 1 atom stereocenters. The van der Waals surface area contributed by atoms with Crippen molar-refractivity contribution in [2.75, 3.05) is 7.11 Å². The van der Waals surface area contributed by atoms with Gasteiger partial charge in [0.1, 0.15) is 10.4 Å². The van der Waals surface area contributed by atoms with Crippen molar-refractivity contribution in [3.8, 4) is 5.88 Å². The number of aromatic nitrogens is 5. The Morgan fingerprint density at radius 1 is 1.11 bits per heavy atom. The maximum absolute atomic E-state index is 11.4. The zero-order valence-corrected chi connectivity index (χ0v) is 15.4. The molecule has 0 spiro atoms. The van der Waals surface area contributed by atoms with Crippen LogP contribution < -0.4 is 9.88 Å². The molecule has 0 aromatic carbocycles. The molecule has 0 bridgehead atoms. The molecule has 4 aromatic heterocycles. The van der Waals surface area contributed by atoms with Gasteiger partial charge in [0.2, 0.25) is 15.9 Å². The summed E-state index contributed by atoms with van der Waals surface area (Å²) >= 11 is 0. The van der Waals surface area contributed by atoms with Crippen LogP contribution in [0.3, 0.4) is 0 Å². The molecule has 0 radical (unpaired) electrons. The van der Waals surface area contributed by atoms with Crippen LogP contribution in [0.15, 0.2) is 47.9 Å². The van der Waals surface area contributed by atoms with Crippen molar-refractivity contribution in [3.63, 3.8) is 0 Å². The Hall–Kier alpha value is -3.11. The molecule has 27 heavy (non-hydrogen) atoms. The standard InChI is InChI=1S/C17H16N6O3S/c1-10(13-5-3-11(7-19-13)27(18,24)25)23-9-21-14-8-20-17-12(16(14)23)4-6-15(22-17)26-2/h3-10H,1-2H3,(H2,18,24,25). The number of nitrogens with zero attached hydrogens (tertiary/aromatic N) is 5. The largest absolute Gasteiger partial charge is 0.481 e. The highest BCUT2D eigenvalue weighted by Crippen LogP contribution is 2.28. The minimum Gasteiger partial charge on any atom is -0.481 e. The van der Waals surface area contributed by atoms with Gasteiger partial charge in [-0.1, -0.05) is 0 Å². The number of rotatable bonds is 4. The molecule has 10 heteroatoms. The van der Waals surface area contributed by atoms with Crippen molar-refractivity contribution in [2.24, 2.45) is 5.14 Å². The number of primary sulfonamides is 1. The van der Waals surface area contributed by atoms with Crippen LogP contribution in [0.2, 0.25) is 0 Å². The van der Waals surface area contributed by atoms with Gasteiger partial charge in [-0.15, -0.1) is 0 Å². The smallest absolute Gasteiger partial charge is 0.239 e. The molecule has 9 nitrogen and oxygen atoms in total. The number of nitrogens with two attached hydrogens (primary N) is 1. The summed E-state index contributed by atoms with van der Waals surface area (Å²) in [5.74, 6) is 0.480. The third-order valence-electron chi connectivity index (χ3n) is 4.38. The summed E-state index contributed by atoms with van der Waals surface area (Å²) in [4.78, 5) is 17.3. The molecule has 0 aliphatic carbocycles. The summed E-state index contributed by atoms with van der Waals surface area (Å²) in [6.45, 7) is 1.95. The number of pyridine rings is 3. The van der Waals surface area contributed by atoms with E-state index in [0.29, 0.717) is 17.2 Å². The number of ether oxygens (including phenoxy) is 1. The van der Waals surface area contributed by atoms with Crippen LogP contribution in [0.25, 0.3) is 22.1 Å². The lowest BCUT2D eigenvalue weighted by molar-refractivity contribution is 0.399. The minimum atomic E-state index is -3.78. The summed E-state index contributed by atoms with van der Waals surface area (Å²) in [5, 5.41) is 5.96. The fourth-order valence-corrected chi connectivity index (χ4v) is 3.40. The highest BCUT2D eigenvalue weighted by atomic mass is 32.2. The minimum absolute atomic E-state index is 0.0279. The van der Waals surface area contributed by atoms with E-state index < -0.39 is 10.0 Å². The van der Waals surface area contributed by atoms with E-state index in [1.165, 1.54) is 12.3 Å². The summed E-state index contributed by atoms with van der Waals surface area (Å²) in [6.07, 6.45) is 4.62. The van der Waals surface area contributed by atoms with E-state index in [1.807, 2.05) is 17.6 Å². The predicted molar refractivity (Wildman–Crippen MR) is 98.8 cm³/mol. The predicted octanol–water partition coefficient (Wildman–Crippen LogP) is 1.64. The first kappa shape index (κ1) is 17.3. The second-order valence-electron chi connectivity index (χ2n) is 6.01. The van der Waals surface area contributed by atoms with Crippen molar-refractivity contribution >= 4 is 32.1 Å². The lowest BCUT2D eigenvalue weighted by Gasteiger charge is -2.15. The van der Waals surface area contributed by atoms with Crippen molar-refractivity contribution < 1.29 is 13.2 Å². The quantitative estimate of drug-likeness (QED) is 0.567. The van der Waals surface area contributed by atoms with Crippen LogP contribution in [0.5, 0.6) is 5.88 Å². The van der Waals surface area contributed by atoms with Crippen molar-refractivity contribution in [3.05, 3.63) is 48.7 Å². The van der Waals surface area contributed by atoms with E-state index in [0.717, 1.165) is 16.4 Å². The molecule has 2 N–H and O–H groups in total. The van der Waals surface area contributed by atoms with E-state index >= 15 is 0 Å². The third kappa shape index (κ3) is 2.98. The lowest BCUT2D eigenvalue weighted by Crippen LogP contribution is -2.13. The summed E-state index contributed by atoms with van der Waals surface area (Å²) in [7, 11) is -2.23. The van der Waals surface area contributed by atoms with Gasteiger partial charge in [0, 0.05) is 17.6 Å². The molecular weight excluding hydrogens is 368 g/mol. The maximum atomic E-state index is 11.4. The molecule has 4 heterocycles. The normalized spacial score (nSPS) is 13.1. The van der Waals surface area contributed by atoms with Crippen LogP contribution in [0.1, 0.15) is 18.7 Å². The van der Waals surface area contributed by atoms with Crippen molar-refractivity contribution in [2.45, 2.75) is 17.9 Å². The van der Waals surface area contributed by atoms with E-state index in [1.54, 1.807) is 31.8 Å². The molecular formula is C17H16N6O3S. The monoisotopic (exact) mass is 384 g/mol. The Balaban J connectivity index is 1.84. The summed E-state index contributed by atoms with van der Waals surface area (Å²) in [5.41, 5.74) is 2.81. The molecule has 0 aliphatic heterocycles. The van der Waals surface area contributed by atoms with Gasteiger partial charge in [0.05, 0.1) is 36.9 Å². The molecule has 0 fully saturated rings. The van der Waals surface area contributed by atoms with Gasteiger partial charge in [0.25, 0.3) is 0 Å². The SMILES string of the molecule is COc1ccc2c(ncc3ncn(C(C)c4ccc(S(N)(=O)=O)cn4)c32)n1. The molecule has 138 valence electrons. The Labute approximate surface area is 154 Å². The number of sulfonamides is 1. The van der Waals surface area contributed by atoms with E-state index in [-0.39, 0.29) is 10.9 Å². The van der Waals surface area contributed by atoms with E-state index in [9.17, 15) is 8.42 Å². The summed E-state index contributed by atoms with van der Waals surface area (Å²) < 4.78 is 29.9. The van der Waals surface area contributed by atoms with Gasteiger partial charge < -0.3 is 9.30 Å². The van der Waals surface area contributed by atoms with E-state index in [4.69, 9.17) is 9.88 Å². The topological polar surface area (TPSA) is 126 Å². The van der Waals surface area contributed by atoms with Gasteiger partial charge in [-0.3, -0.25) is 4.98 Å². The first-order valence-corrected chi connectivity index (χ1v) is 9.58. The molecule has 0 amide bonds. The molecule has 0 saturated carbocycles. The van der Waals surface area contributed by atoms with Crippen LogP contribution in [-0.2, 0) is 10.0 Å². The first-order valence-electron chi connectivity index (χ1n) is 8.03. The number of hydrogen-bond acceptors (Lipinski definition) is 7. The Morgan fingerprint density at radius 3 is 2.59 bits per heavy atom.